The van der Waals surface area contributed by atoms with E-state index in [1.165, 1.54) is 4.90 Å². The molecule has 1 aromatic rings. The molecule has 21 heavy (non-hydrogen) atoms. The van der Waals surface area contributed by atoms with Crippen molar-refractivity contribution in [3.63, 3.8) is 0 Å². The van der Waals surface area contributed by atoms with Crippen LogP contribution in [-0.2, 0) is 4.74 Å². The van der Waals surface area contributed by atoms with Crippen LogP contribution >= 0.6 is 0 Å². The summed E-state index contributed by atoms with van der Waals surface area (Å²) in [5, 5.41) is 9.28. The maximum Gasteiger partial charge on any atom is 0.253 e. The van der Waals surface area contributed by atoms with E-state index >= 15 is 0 Å². The largest absolute Gasteiger partial charge is 0.397 e. The van der Waals surface area contributed by atoms with Gasteiger partial charge in [0.1, 0.15) is 0 Å². The Balaban J connectivity index is 2.33. The number of carbonyl (C=O) groups excluding carboxylic acids is 1. The van der Waals surface area contributed by atoms with Crippen molar-refractivity contribution in [3.05, 3.63) is 23.8 Å². The number of aliphatic hydroxyl groups is 1. The summed E-state index contributed by atoms with van der Waals surface area (Å²) in [5.41, 5.74) is 8.11. The normalized spacial score (nSPS) is 22.2. The van der Waals surface area contributed by atoms with Gasteiger partial charge in [-0.2, -0.15) is 0 Å². The van der Waals surface area contributed by atoms with E-state index in [1.807, 2.05) is 13.0 Å². The maximum atomic E-state index is 12.1. The molecule has 1 amide bonds. The molecular weight excluding hydrogens is 270 g/mol. The van der Waals surface area contributed by atoms with E-state index in [2.05, 4.69) is 4.90 Å². The lowest BCUT2D eigenvalue weighted by molar-refractivity contribution is -0.0102. The lowest BCUT2D eigenvalue weighted by atomic mass is 10.1. The van der Waals surface area contributed by atoms with Gasteiger partial charge in [-0.1, -0.05) is 0 Å². The van der Waals surface area contributed by atoms with E-state index in [4.69, 9.17) is 10.5 Å². The van der Waals surface area contributed by atoms with E-state index in [0.717, 1.165) is 5.69 Å². The number of rotatable bonds is 3. The molecule has 2 rings (SSSR count). The zero-order valence-corrected chi connectivity index (χ0v) is 12.7. The minimum absolute atomic E-state index is 0.0283. The fourth-order valence-electron chi connectivity index (χ4n) is 2.45. The van der Waals surface area contributed by atoms with E-state index in [1.54, 1.807) is 26.2 Å². The first-order chi connectivity index (χ1) is 9.93. The molecule has 6 nitrogen and oxygen atoms in total. The highest BCUT2D eigenvalue weighted by molar-refractivity contribution is 5.96. The summed E-state index contributed by atoms with van der Waals surface area (Å²) in [6.45, 7) is 3.09. The Labute approximate surface area is 125 Å². The first-order valence-electron chi connectivity index (χ1n) is 7.04. The summed E-state index contributed by atoms with van der Waals surface area (Å²) in [4.78, 5) is 15.7. The topological polar surface area (TPSA) is 79.0 Å². The summed E-state index contributed by atoms with van der Waals surface area (Å²) < 4.78 is 5.54. The standard InChI is InChI=1S/C15H23N3O3/c1-10-9-21-12(8-19)7-18(10)14-6-11(4-5-13(14)16)15(20)17(2)3/h4-6,10,12,19H,7-9,16H2,1-3H3. The summed E-state index contributed by atoms with van der Waals surface area (Å²) in [7, 11) is 3.44. The molecule has 0 aromatic heterocycles. The van der Waals surface area contributed by atoms with Gasteiger partial charge in [-0.25, -0.2) is 0 Å². The number of benzene rings is 1. The lowest BCUT2D eigenvalue weighted by Gasteiger charge is -2.39. The number of amides is 1. The number of hydrogen-bond acceptors (Lipinski definition) is 5. The molecule has 0 spiro atoms. The summed E-state index contributed by atoms with van der Waals surface area (Å²) in [6, 6.07) is 5.44. The number of nitrogens with zero attached hydrogens (tertiary/aromatic N) is 2. The molecule has 1 aliphatic heterocycles. The summed E-state index contributed by atoms with van der Waals surface area (Å²) >= 11 is 0. The third-order valence-corrected chi connectivity index (χ3v) is 3.70. The Morgan fingerprint density at radius 2 is 2.24 bits per heavy atom. The minimum Gasteiger partial charge on any atom is -0.397 e. The van der Waals surface area contributed by atoms with Gasteiger partial charge in [-0.05, 0) is 25.1 Å². The number of anilines is 2. The van der Waals surface area contributed by atoms with Crippen LogP contribution < -0.4 is 10.6 Å². The molecule has 1 aliphatic rings. The summed E-state index contributed by atoms with van der Waals surface area (Å²) in [6.07, 6.45) is -0.228. The van der Waals surface area contributed by atoms with Crippen molar-refractivity contribution in [2.45, 2.75) is 19.1 Å². The predicted octanol–water partition coefficient (Wildman–Crippen LogP) is 0.557. The van der Waals surface area contributed by atoms with Crippen molar-refractivity contribution in [2.24, 2.45) is 0 Å². The SMILES string of the molecule is CC1COC(CO)CN1c1cc(C(=O)N(C)C)ccc1N. The number of aliphatic hydroxyl groups excluding tert-OH is 1. The first kappa shape index (κ1) is 15.6. The third-order valence-electron chi connectivity index (χ3n) is 3.70. The second-order valence-electron chi connectivity index (χ2n) is 5.61. The molecule has 1 aromatic carbocycles. The highest BCUT2D eigenvalue weighted by atomic mass is 16.5. The van der Waals surface area contributed by atoms with Crippen LogP contribution in [-0.4, -0.2) is 61.9 Å². The van der Waals surface area contributed by atoms with Crippen molar-refractivity contribution in [2.75, 3.05) is 44.5 Å². The number of morpholine rings is 1. The van der Waals surface area contributed by atoms with Gasteiger partial charge in [0.15, 0.2) is 0 Å². The number of carbonyl (C=O) groups is 1. The van der Waals surface area contributed by atoms with Crippen LogP contribution in [0.1, 0.15) is 17.3 Å². The van der Waals surface area contributed by atoms with Crippen LogP contribution in [0, 0.1) is 0 Å². The Hall–Kier alpha value is -1.79. The van der Waals surface area contributed by atoms with Gasteiger partial charge in [-0.3, -0.25) is 4.79 Å². The Morgan fingerprint density at radius 1 is 1.52 bits per heavy atom. The van der Waals surface area contributed by atoms with Crippen LogP contribution in [0.15, 0.2) is 18.2 Å². The molecule has 2 atom stereocenters. The van der Waals surface area contributed by atoms with E-state index in [0.29, 0.717) is 24.4 Å². The number of nitrogen functional groups attached to an aromatic ring is 1. The molecule has 2 unspecified atom stereocenters. The van der Waals surface area contributed by atoms with Gasteiger partial charge in [0.25, 0.3) is 5.91 Å². The van der Waals surface area contributed by atoms with E-state index in [9.17, 15) is 9.90 Å². The fourth-order valence-corrected chi connectivity index (χ4v) is 2.45. The van der Waals surface area contributed by atoms with Crippen molar-refractivity contribution < 1.29 is 14.6 Å². The maximum absolute atomic E-state index is 12.1. The Bertz CT molecular complexity index is 519. The first-order valence-corrected chi connectivity index (χ1v) is 7.04. The van der Waals surface area contributed by atoms with Crippen molar-refractivity contribution in [3.8, 4) is 0 Å². The fraction of sp³-hybridized carbons (Fsp3) is 0.533. The van der Waals surface area contributed by atoms with Crippen molar-refractivity contribution >= 4 is 17.3 Å². The monoisotopic (exact) mass is 293 g/mol. The zero-order valence-electron chi connectivity index (χ0n) is 12.7. The second kappa shape index (κ2) is 6.32. The van der Waals surface area contributed by atoms with Crippen LogP contribution in [0.2, 0.25) is 0 Å². The van der Waals surface area contributed by atoms with Gasteiger partial charge >= 0.3 is 0 Å². The molecule has 0 bridgehead atoms. The minimum atomic E-state index is -0.228. The van der Waals surface area contributed by atoms with E-state index in [-0.39, 0.29) is 24.7 Å². The molecule has 3 N–H and O–H groups in total. The Morgan fingerprint density at radius 3 is 2.86 bits per heavy atom. The van der Waals surface area contributed by atoms with Crippen LogP contribution in [0.5, 0.6) is 0 Å². The smallest absolute Gasteiger partial charge is 0.253 e. The second-order valence-corrected chi connectivity index (χ2v) is 5.61. The van der Waals surface area contributed by atoms with Gasteiger partial charge in [0, 0.05) is 32.2 Å². The van der Waals surface area contributed by atoms with Crippen molar-refractivity contribution in [1.29, 1.82) is 0 Å². The molecule has 1 heterocycles. The Kier molecular flexibility index (Phi) is 4.69. The number of nitrogens with two attached hydrogens (primary N) is 1. The quantitative estimate of drug-likeness (QED) is 0.796. The molecule has 116 valence electrons. The van der Waals surface area contributed by atoms with Crippen LogP contribution in [0.3, 0.4) is 0 Å². The van der Waals surface area contributed by atoms with Crippen LogP contribution in [0.25, 0.3) is 0 Å². The molecule has 0 radical (unpaired) electrons. The highest BCUT2D eigenvalue weighted by Gasteiger charge is 2.27. The number of ether oxygens (including phenoxy) is 1. The summed E-state index contributed by atoms with van der Waals surface area (Å²) in [5.74, 6) is -0.0594. The molecule has 1 fully saturated rings. The average Bonchev–Trinajstić information content (AvgIpc) is 2.47. The molecule has 0 saturated carbocycles. The average molecular weight is 293 g/mol. The molecule has 1 saturated heterocycles. The van der Waals surface area contributed by atoms with E-state index < -0.39 is 0 Å². The lowest BCUT2D eigenvalue weighted by Crippen LogP contribution is -2.49. The van der Waals surface area contributed by atoms with Gasteiger partial charge < -0.3 is 25.4 Å². The third kappa shape index (κ3) is 3.28. The van der Waals surface area contributed by atoms with Crippen LogP contribution in [0.4, 0.5) is 11.4 Å². The van der Waals surface area contributed by atoms with Gasteiger partial charge in [0.05, 0.1) is 30.7 Å². The van der Waals surface area contributed by atoms with Crippen molar-refractivity contribution in [1.82, 2.24) is 4.90 Å². The predicted molar refractivity (Wildman–Crippen MR) is 82.5 cm³/mol. The van der Waals surface area contributed by atoms with Gasteiger partial charge in [-0.15, -0.1) is 0 Å². The zero-order chi connectivity index (χ0) is 15.6. The molecular formula is C15H23N3O3. The molecule has 0 aliphatic carbocycles. The highest BCUT2D eigenvalue weighted by Crippen LogP contribution is 2.29. The number of hydrogen-bond donors (Lipinski definition) is 2. The molecule has 6 heteroatoms. The van der Waals surface area contributed by atoms with Gasteiger partial charge in [0.2, 0.25) is 0 Å².